The van der Waals surface area contributed by atoms with Crippen LogP contribution in [0.1, 0.15) is 49.2 Å². The molecule has 0 atom stereocenters. The lowest BCUT2D eigenvalue weighted by Gasteiger charge is -2.31. The third kappa shape index (κ3) is 5.05. The summed E-state index contributed by atoms with van der Waals surface area (Å²) in [5.74, 6) is 0.877. The second kappa shape index (κ2) is 9.34. The number of hydrogen-bond donors (Lipinski definition) is 1. The molecule has 0 aliphatic carbocycles. The van der Waals surface area contributed by atoms with Crippen LogP contribution in [-0.2, 0) is 13.1 Å². The second-order valence-electron chi connectivity index (χ2n) is 6.88. The maximum absolute atomic E-state index is 13.0. The summed E-state index contributed by atoms with van der Waals surface area (Å²) in [7, 11) is 1.66. The minimum atomic E-state index is 0.0318. The Kier molecular flexibility index (Phi) is 7.16. The van der Waals surface area contributed by atoms with Crippen molar-refractivity contribution in [3.63, 3.8) is 0 Å². The van der Waals surface area contributed by atoms with E-state index in [2.05, 4.69) is 10.3 Å². The number of benzene rings is 1. The summed E-state index contributed by atoms with van der Waals surface area (Å²) in [6.45, 7) is 9.48. The summed E-state index contributed by atoms with van der Waals surface area (Å²) in [6, 6.07) is 10.1. The van der Waals surface area contributed by atoms with Gasteiger partial charge in [-0.25, -0.2) is 0 Å². The molecule has 0 saturated heterocycles. The molecule has 5 nitrogen and oxygen atoms in total. The Bertz CT molecular complexity index is 703. The van der Waals surface area contributed by atoms with Crippen LogP contribution in [0.15, 0.2) is 42.7 Å². The number of nitrogens with zero attached hydrogens (tertiary/aromatic N) is 2. The first-order chi connectivity index (χ1) is 12.4. The fraction of sp³-hybridized carbons (Fsp3) is 0.429. The van der Waals surface area contributed by atoms with Gasteiger partial charge in [0.25, 0.3) is 5.91 Å². The van der Waals surface area contributed by atoms with Crippen LogP contribution in [0.25, 0.3) is 0 Å². The number of nitrogens with one attached hydrogen (secondary N) is 1. The van der Waals surface area contributed by atoms with Gasteiger partial charge in [-0.2, -0.15) is 0 Å². The molecule has 0 spiro atoms. The van der Waals surface area contributed by atoms with Crippen molar-refractivity contribution in [2.45, 2.75) is 52.9 Å². The highest BCUT2D eigenvalue weighted by atomic mass is 16.5. The second-order valence-corrected chi connectivity index (χ2v) is 6.88. The van der Waals surface area contributed by atoms with Gasteiger partial charge in [0.1, 0.15) is 5.75 Å². The highest BCUT2D eigenvalue weighted by Gasteiger charge is 2.23. The van der Waals surface area contributed by atoms with Gasteiger partial charge >= 0.3 is 0 Å². The van der Waals surface area contributed by atoms with Crippen LogP contribution in [-0.4, -0.2) is 35.0 Å². The molecule has 1 aromatic carbocycles. The molecule has 1 N–H and O–H groups in total. The quantitative estimate of drug-likeness (QED) is 0.785. The van der Waals surface area contributed by atoms with Crippen molar-refractivity contribution in [2.75, 3.05) is 7.11 Å². The van der Waals surface area contributed by atoms with E-state index in [1.54, 1.807) is 19.5 Å². The minimum absolute atomic E-state index is 0.0318. The summed E-state index contributed by atoms with van der Waals surface area (Å²) in [4.78, 5) is 19.1. The van der Waals surface area contributed by atoms with Gasteiger partial charge in [0.05, 0.1) is 12.7 Å². The average molecular weight is 355 g/mol. The average Bonchev–Trinajstić information content (AvgIpc) is 2.62. The first kappa shape index (κ1) is 19.9. The van der Waals surface area contributed by atoms with Gasteiger partial charge in [-0.05, 0) is 57.0 Å². The lowest BCUT2D eigenvalue weighted by atomic mass is 10.1. The van der Waals surface area contributed by atoms with Gasteiger partial charge in [-0.3, -0.25) is 9.78 Å². The number of methoxy groups -OCH3 is 1. The third-order valence-corrected chi connectivity index (χ3v) is 4.29. The van der Waals surface area contributed by atoms with Crippen molar-refractivity contribution < 1.29 is 9.53 Å². The summed E-state index contributed by atoms with van der Waals surface area (Å²) < 4.78 is 5.18. The van der Waals surface area contributed by atoms with Gasteiger partial charge in [0, 0.05) is 37.6 Å². The smallest absolute Gasteiger partial charge is 0.256 e. The van der Waals surface area contributed by atoms with Crippen LogP contribution in [0.2, 0.25) is 0 Å². The molecule has 1 amide bonds. The van der Waals surface area contributed by atoms with E-state index >= 15 is 0 Å². The van der Waals surface area contributed by atoms with Crippen molar-refractivity contribution in [2.24, 2.45) is 0 Å². The number of aromatic nitrogens is 1. The Balaban J connectivity index is 2.07. The molecule has 1 heterocycles. The fourth-order valence-corrected chi connectivity index (χ4v) is 3.06. The molecule has 0 bridgehead atoms. The first-order valence-corrected chi connectivity index (χ1v) is 9.03. The van der Waals surface area contributed by atoms with E-state index in [1.165, 1.54) is 5.56 Å². The topological polar surface area (TPSA) is 54.5 Å². The molecule has 1 aromatic heterocycles. The van der Waals surface area contributed by atoms with E-state index in [4.69, 9.17) is 4.74 Å². The Morgan fingerprint density at radius 2 is 1.73 bits per heavy atom. The first-order valence-electron chi connectivity index (χ1n) is 9.03. The molecule has 0 fully saturated rings. The number of hydrogen-bond acceptors (Lipinski definition) is 4. The zero-order chi connectivity index (χ0) is 19.1. The van der Waals surface area contributed by atoms with Gasteiger partial charge in [-0.15, -0.1) is 0 Å². The SMILES string of the molecule is COc1ccc(CNCc2ccncc2C(=O)N(C(C)C)C(C)C)cc1. The zero-order valence-corrected chi connectivity index (χ0v) is 16.3. The summed E-state index contributed by atoms with van der Waals surface area (Å²) in [6.07, 6.45) is 3.40. The number of carbonyl (C=O) groups is 1. The molecule has 0 aliphatic rings. The van der Waals surface area contributed by atoms with Crippen molar-refractivity contribution in [1.82, 2.24) is 15.2 Å². The maximum atomic E-state index is 13.0. The molecular weight excluding hydrogens is 326 g/mol. The van der Waals surface area contributed by atoms with E-state index in [1.807, 2.05) is 62.9 Å². The van der Waals surface area contributed by atoms with Gasteiger partial charge in [-0.1, -0.05) is 12.1 Å². The largest absolute Gasteiger partial charge is 0.497 e. The molecule has 0 saturated carbocycles. The zero-order valence-electron chi connectivity index (χ0n) is 16.3. The van der Waals surface area contributed by atoms with E-state index in [9.17, 15) is 4.79 Å². The van der Waals surface area contributed by atoms with E-state index in [-0.39, 0.29) is 18.0 Å². The van der Waals surface area contributed by atoms with E-state index in [0.29, 0.717) is 12.1 Å². The number of rotatable bonds is 8. The lowest BCUT2D eigenvalue weighted by molar-refractivity contribution is 0.0642. The van der Waals surface area contributed by atoms with Crippen LogP contribution in [0.3, 0.4) is 0 Å². The number of amides is 1. The predicted molar refractivity (Wildman–Crippen MR) is 104 cm³/mol. The molecule has 2 rings (SSSR count). The fourth-order valence-electron chi connectivity index (χ4n) is 3.06. The third-order valence-electron chi connectivity index (χ3n) is 4.29. The molecule has 140 valence electrons. The molecular formula is C21H29N3O2. The summed E-state index contributed by atoms with van der Waals surface area (Å²) in [5, 5.41) is 3.41. The Morgan fingerprint density at radius 1 is 1.08 bits per heavy atom. The highest BCUT2D eigenvalue weighted by Crippen LogP contribution is 2.16. The molecule has 5 heteroatoms. The summed E-state index contributed by atoms with van der Waals surface area (Å²) >= 11 is 0. The minimum Gasteiger partial charge on any atom is -0.497 e. The normalized spacial score (nSPS) is 11.0. The van der Waals surface area contributed by atoms with Gasteiger partial charge in [0.2, 0.25) is 0 Å². The number of carbonyl (C=O) groups excluding carboxylic acids is 1. The number of pyridine rings is 1. The maximum Gasteiger partial charge on any atom is 0.256 e. The van der Waals surface area contributed by atoms with Gasteiger partial charge < -0.3 is 15.0 Å². The van der Waals surface area contributed by atoms with Crippen molar-refractivity contribution in [3.05, 3.63) is 59.4 Å². The van der Waals surface area contributed by atoms with E-state index in [0.717, 1.165) is 17.9 Å². The van der Waals surface area contributed by atoms with Gasteiger partial charge in [0.15, 0.2) is 0 Å². The van der Waals surface area contributed by atoms with Crippen molar-refractivity contribution in [1.29, 1.82) is 0 Å². The highest BCUT2D eigenvalue weighted by molar-refractivity contribution is 5.95. The Hall–Kier alpha value is -2.40. The standard InChI is InChI=1S/C21H29N3O2/c1-15(2)24(16(3)4)21(25)20-14-22-11-10-18(20)13-23-12-17-6-8-19(26-5)9-7-17/h6-11,14-16,23H,12-13H2,1-5H3. The molecule has 2 aromatic rings. The molecule has 26 heavy (non-hydrogen) atoms. The van der Waals surface area contributed by atoms with Crippen LogP contribution < -0.4 is 10.1 Å². The van der Waals surface area contributed by atoms with Crippen LogP contribution in [0.5, 0.6) is 5.75 Å². The summed E-state index contributed by atoms with van der Waals surface area (Å²) in [5.41, 5.74) is 2.79. The monoisotopic (exact) mass is 355 g/mol. The Labute approximate surface area is 156 Å². The van der Waals surface area contributed by atoms with Crippen molar-refractivity contribution in [3.8, 4) is 5.75 Å². The van der Waals surface area contributed by atoms with E-state index < -0.39 is 0 Å². The molecule has 0 aliphatic heterocycles. The molecule has 0 unspecified atom stereocenters. The number of ether oxygens (including phenoxy) is 1. The lowest BCUT2D eigenvalue weighted by Crippen LogP contribution is -2.42. The Morgan fingerprint density at radius 3 is 2.31 bits per heavy atom. The van der Waals surface area contributed by atoms with Crippen molar-refractivity contribution >= 4 is 5.91 Å². The van der Waals surface area contributed by atoms with Crippen LogP contribution in [0, 0.1) is 0 Å². The molecule has 0 radical (unpaired) electrons. The van der Waals surface area contributed by atoms with Crippen LogP contribution >= 0.6 is 0 Å². The van der Waals surface area contributed by atoms with Crippen LogP contribution in [0.4, 0.5) is 0 Å². The predicted octanol–water partition coefficient (Wildman–Crippen LogP) is 3.64.